The summed E-state index contributed by atoms with van der Waals surface area (Å²) in [4.78, 5) is 17.9. The lowest BCUT2D eigenvalue weighted by atomic mass is 10.1. The monoisotopic (exact) mass is 284 g/mol. The first-order chi connectivity index (χ1) is 8.54. The maximum Gasteiger partial charge on any atom is 0.257 e. The van der Waals surface area contributed by atoms with Crippen molar-refractivity contribution in [2.75, 3.05) is 13.6 Å². The Bertz CT molecular complexity index is 584. The molecule has 2 N–H and O–H groups in total. The van der Waals surface area contributed by atoms with Crippen LogP contribution in [0.3, 0.4) is 0 Å². The molecule has 0 fully saturated rings. The van der Waals surface area contributed by atoms with E-state index in [0.29, 0.717) is 17.8 Å². The molecule has 2 aromatic rings. The van der Waals surface area contributed by atoms with Gasteiger partial charge in [0.25, 0.3) is 11.6 Å². The molecule has 1 amide bonds. The van der Waals surface area contributed by atoms with Crippen molar-refractivity contribution in [3.05, 3.63) is 23.5 Å². The van der Waals surface area contributed by atoms with Gasteiger partial charge in [-0.3, -0.25) is 4.79 Å². The van der Waals surface area contributed by atoms with Crippen LogP contribution in [0.25, 0.3) is 11.1 Å². The number of hydrogen-bond acceptors (Lipinski definition) is 5. The average molecular weight is 285 g/mol. The van der Waals surface area contributed by atoms with Crippen LogP contribution in [-0.2, 0) is 0 Å². The van der Waals surface area contributed by atoms with Crippen LogP contribution >= 0.6 is 12.4 Å². The van der Waals surface area contributed by atoms with Gasteiger partial charge in [0.2, 0.25) is 0 Å². The molecule has 0 aromatic carbocycles. The van der Waals surface area contributed by atoms with E-state index in [0.717, 1.165) is 11.1 Å². The molecule has 104 valence electrons. The predicted octanol–water partition coefficient (Wildman–Crippen LogP) is 1.37. The molecule has 0 saturated carbocycles. The normalized spacial score (nSPS) is 12.0. The van der Waals surface area contributed by atoms with Gasteiger partial charge in [0.15, 0.2) is 0 Å². The Morgan fingerprint density at radius 1 is 1.58 bits per heavy atom. The number of aromatic nitrogens is 2. The van der Waals surface area contributed by atoms with Crippen molar-refractivity contribution < 1.29 is 9.32 Å². The van der Waals surface area contributed by atoms with Gasteiger partial charge in [-0.2, -0.15) is 0 Å². The van der Waals surface area contributed by atoms with Crippen LogP contribution in [-0.4, -0.2) is 40.6 Å². The van der Waals surface area contributed by atoms with Gasteiger partial charge in [-0.05, 0) is 19.9 Å². The van der Waals surface area contributed by atoms with E-state index in [1.807, 2.05) is 13.8 Å². The first-order valence-corrected chi connectivity index (χ1v) is 5.74. The quantitative estimate of drug-likeness (QED) is 0.920. The minimum Gasteiger partial charge on any atom is -0.338 e. The van der Waals surface area contributed by atoms with Gasteiger partial charge in [0, 0.05) is 25.8 Å². The SMILES string of the molecule is Cc1noc2ncc(C(=O)N(C)C(C)CN)cc12.Cl. The third kappa shape index (κ3) is 2.85. The second-order valence-corrected chi connectivity index (χ2v) is 4.35. The molecule has 2 rings (SSSR count). The Balaban J connectivity index is 0.00000180. The van der Waals surface area contributed by atoms with Crippen LogP contribution < -0.4 is 5.73 Å². The van der Waals surface area contributed by atoms with E-state index in [4.69, 9.17) is 10.3 Å². The summed E-state index contributed by atoms with van der Waals surface area (Å²) in [6.45, 7) is 4.13. The van der Waals surface area contributed by atoms with Gasteiger partial charge in [-0.25, -0.2) is 4.98 Å². The van der Waals surface area contributed by atoms with Gasteiger partial charge in [-0.1, -0.05) is 5.16 Å². The van der Waals surface area contributed by atoms with Crippen molar-refractivity contribution in [1.82, 2.24) is 15.0 Å². The molecule has 1 unspecified atom stereocenters. The average Bonchev–Trinajstić information content (AvgIpc) is 2.77. The van der Waals surface area contributed by atoms with E-state index in [-0.39, 0.29) is 24.4 Å². The highest BCUT2D eigenvalue weighted by molar-refractivity contribution is 5.97. The zero-order valence-electron chi connectivity index (χ0n) is 11.1. The molecule has 6 nitrogen and oxygen atoms in total. The molecule has 0 aliphatic carbocycles. The summed E-state index contributed by atoms with van der Waals surface area (Å²) >= 11 is 0. The summed E-state index contributed by atoms with van der Waals surface area (Å²) in [5.41, 5.74) is 7.23. The number of pyridine rings is 1. The Labute approximate surface area is 117 Å². The number of rotatable bonds is 3. The number of fused-ring (bicyclic) bond motifs is 1. The molecule has 2 heterocycles. The molecule has 0 saturated heterocycles. The molecule has 19 heavy (non-hydrogen) atoms. The summed E-state index contributed by atoms with van der Waals surface area (Å²) in [7, 11) is 1.73. The zero-order valence-corrected chi connectivity index (χ0v) is 11.9. The molecule has 0 aliphatic heterocycles. The first kappa shape index (κ1) is 15.4. The van der Waals surface area contributed by atoms with Gasteiger partial charge >= 0.3 is 0 Å². The van der Waals surface area contributed by atoms with Crippen molar-refractivity contribution in [3.8, 4) is 0 Å². The molecule has 7 heteroatoms. The summed E-state index contributed by atoms with van der Waals surface area (Å²) in [6.07, 6.45) is 1.50. The molecule has 1 atom stereocenters. The third-order valence-corrected chi connectivity index (χ3v) is 3.08. The fourth-order valence-electron chi connectivity index (χ4n) is 1.62. The van der Waals surface area contributed by atoms with Crippen LogP contribution in [0, 0.1) is 6.92 Å². The number of aryl methyl sites for hydroxylation is 1. The highest BCUT2D eigenvalue weighted by Crippen LogP contribution is 2.17. The third-order valence-electron chi connectivity index (χ3n) is 3.08. The Morgan fingerprint density at radius 2 is 2.26 bits per heavy atom. The van der Waals surface area contributed by atoms with Crippen molar-refractivity contribution in [2.45, 2.75) is 19.9 Å². The van der Waals surface area contributed by atoms with Crippen molar-refractivity contribution >= 4 is 29.4 Å². The number of nitrogens with two attached hydrogens (primary N) is 1. The van der Waals surface area contributed by atoms with Crippen molar-refractivity contribution in [1.29, 1.82) is 0 Å². The highest BCUT2D eigenvalue weighted by atomic mass is 35.5. The van der Waals surface area contributed by atoms with Crippen LogP contribution in [0.5, 0.6) is 0 Å². The number of nitrogens with zero attached hydrogens (tertiary/aromatic N) is 3. The molecule has 2 aromatic heterocycles. The van der Waals surface area contributed by atoms with Gasteiger partial charge < -0.3 is 15.2 Å². The Morgan fingerprint density at radius 3 is 2.89 bits per heavy atom. The summed E-state index contributed by atoms with van der Waals surface area (Å²) in [5, 5.41) is 4.57. The number of carbonyl (C=O) groups is 1. The van der Waals surface area contributed by atoms with Gasteiger partial charge in [0.1, 0.15) is 0 Å². The second kappa shape index (κ2) is 5.99. The largest absolute Gasteiger partial charge is 0.338 e. The lowest BCUT2D eigenvalue weighted by Crippen LogP contribution is -2.39. The zero-order chi connectivity index (χ0) is 13.3. The minimum absolute atomic E-state index is 0. The van der Waals surface area contributed by atoms with Crippen molar-refractivity contribution in [3.63, 3.8) is 0 Å². The first-order valence-electron chi connectivity index (χ1n) is 5.74. The molecular formula is C12H17ClN4O2. The fourth-order valence-corrected chi connectivity index (χ4v) is 1.62. The lowest BCUT2D eigenvalue weighted by molar-refractivity contribution is 0.0748. The topological polar surface area (TPSA) is 85.2 Å². The van der Waals surface area contributed by atoms with Crippen LogP contribution in [0.2, 0.25) is 0 Å². The number of amides is 1. The second-order valence-electron chi connectivity index (χ2n) is 4.35. The smallest absolute Gasteiger partial charge is 0.257 e. The van der Waals surface area contributed by atoms with Crippen LogP contribution in [0.15, 0.2) is 16.8 Å². The van der Waals surface area contributed by atoms with Gasteiger partial charge in [0.05, 0.1) is 16.6 Å². The van der Waals surface area contributed by atoms with E-state index in [1.165, 1.54) is 6.20 Å². The molecule has 0 spiro atoms. The van der Waals surface area contributed by atoms with E-state index in [1.54, 1.807) is 18.0 Å². The van der Waals surface area contributed by atoms with Crippen LogP contribution in [0.4, 0.5) is 0 Å². The number of likely N-dealkylation sites (N-methyl/N-ethyl adjacent to an activating group) is 1. The van der Waals surface area contributed by atoms with E-state index in [9.17, 15) is 4.79 Å². The maximum absolute atomic E-state index is 12.2. The highest BCUT2D eigenvalue weighted by Gasteiger charge is 2.18. The van der Waals surface area contributed by atoms with E-state index >= 15 is 0 Å². The van der Waals surface area contributed by atoms with Crippen molar-refractivity contribution in [2.24, 2.45) is 5.73 Å². The standard InChI is InChI=1S/C12H16N4O2.ClH/c1-7(5-13)16(3)12(17)9-4-10-8(2)15-18-11(10)14-6-9;/h4,6-7H,5,13H2,1-3H3;1H. The minimum atomic E-state index is -0.108. The summed E-state index contributed by atoms with van der Waals surface area (Å²) < 4.78 is 5.01. The summed E-state index contributed by atoms with van der Waals surface area (Å²) in [6, 6.07) is 1.73. The van der Waals surface area contributed by atoms with E-state index in [2.05, 4.69) is 10.1 Å². The number of carbonyl (C=O) groups excluding carboxylic acids is 1. The number of halogens is 1. The predicted molar refractivity (Wildman–Crippen MR) is 74.4 cm³/mol. The molecule has 0 radical (unpaired) electrons. The molecule has 0 bridgehead atoms. The summed E-state index contributed by atoms with van der Waals surface area (Å²) in [5.74, 6) is -0.108. The molecular weight excluding hydrogens is 268 g/mol. The maximum atomic E-state index is 12.2. The fraction of sp³-hybridized carbons (Fsp3) is 0.417. The lowest BCUT2D eigenvalue weighted by Gasteiger charge is -2.23. The van der Waals surface area contributed by atoms with Crippen LogP contribution in [0.1, 0.15) is 23.0 Å². The number of hydrogen-bond donors (Lipinski definition) is 1. The van der Waals surface area contributed by atoms with E-state index < -0.39 is 0 Å². The Kier molecular flexibility index (Phi) is 4.85. The van der Waals surface area contributed by atoms with Gasteiger partial charge in [-0.15, -0.1) is 12.4 Å². The molecule has 0 aliphatic rings. The Hall–Kier alpha value is -1.66.